The molecule has 0 N–H and O–H groups in total. The quantitative estimate of drug-likeness (QED) is 0.248. The van der Waals surface area contributed by atoms with Crippen LogP contribution in [0, 0.1) is 0 Å². The predicted octanol–water partition coefficient (Wildman–Crippen LogP) is 5.96. The van der Waals surface area contributed by atoms with E-state index < -0.39 is 7.26 Å². The maximum atomic E-state index is 4.77. The highest BCUT2D eigenvalue weighted by molar-refractivity contribution is 8.93. The predicted molar refractivity (Wildman–Crippen MR) is 135 cm³/mol. The monoisotopic (exact) mass is 460 g/mol. The van der Waals surface area contributed by atoms with Crippen LogP contribution in [0.2, 0.25) is 0 Å². The van der Waals surface area contributed by atoms with Gasteiger partial charge in [0, 0.05) is 6.21 Å². The summed E-state index contributed by atoms with van der Waals surface area (Å²) in [6, 6.07) is 42.9. The summed E-state index contributed by atoms with van der Waals surface area (Å²) in [7, 11) is -1.84. The van der Waals surface area contributed by atoms with Gasteiger partial charge in [-0.15, -0.1) is 17.0 Å². The first-order valence-electron chi connectivity index (χ1n) is 9.52. The highest BCUT2D eigenvalue weighted by Gasteiger charge is 2.44. The molecule has 0 amide bonds. The standard InChI is InChI=1S/C26H23NP.BrH/c1-5-13-23(14-6-1)27-21-22-28(24-15-7-2-8-16-24,25-17-9-3-10-18-25)26-19-11-4-12-20-26;/h1-21H,22H2;1H/q+1;. The molecule has 0 saturated carbocycles. The van der Waals surface area contributed by atoms with Crippen LogP contribution in [-0.4, -0.2) is 12.4 Å². The summed E-state index contributed by atoms with van der Waals surface area (Å²) in [4.78, 5) is 4.77. The van der Waals surface area contributed by atoms with Crippen molar-refractivity contribution in [1.82, 2.24) is 0 Å². The molecule has 3 heteroatoms. The van der Waals surface area contributed by atoms with Crippen molar-refractivity contribution in [3.05, 3.63) is 121 Å². The van der Waals surface area contributed by atoms with Gasteiger partial charge in [-0.25, -0.2) is 0 Å². The Balaban J connectivity index is 0.00000240. The molecule has 0 unspecified atom stereocenters. The van der Waals surface area contributed by atoms with Crippen molar-refractivity contribution in [2.24, 2.45) is 4.99 Å². The van der Waals surface area contributed by atoms with Crippen LogP contribution in [0.15, 0.2) is 126 Å². The molecule has 0 aromatic heterocycles. The van der Waals surface area contributed by atoms with Gasteiger partial charge in [0.25, 0.3) is 0 Å². The van der Waals surface area contributed by atoms with Crippen LogP contribution in [0.3, 0.4) is 0 Å². The molecule has 144 valence electrons. The van der Waals surface area contributed by atoms with E-state index in [1.165, 1.54) is 15.9 Å². The zero-order valence-corrected chi connectivity index (χ0v) is 18.7. The van der Waals surface area contributed by atoms with Crippen molar-refractivity contribution in [2.45, 2.75) is 0 Å². The minimum atomic E-state index is -1.84. The van der Waals surface area contributed by atoms with E-state index in [1.807, 2.05) is 30.3 Å². The van der Waals surface area contributed by atoms with Crippen molar-refractivity contribution in [3.63, 3.8) is 0 Å². The van der Waals surface area contributed by atoms with Gasteiger partial charge in [0.1, 0.15) is 29.3 Å². The van der Waals surface area contributed by atoms with Crippen molar-refractivity contribution < 1.29 is 0 Å². The lowest BCUT2D eigenvalue weighted by Gasteiger charge is -2.26. The maximum Gasteiger partial charge on any atom is 0.117 e. The van der Waals surface area contributed by atoms with E-state index in [9.17, 15) is 0 Å². The van der Waals surface area contributed by atoms with E-state index in [4.69, 9.17) is 4.99 Å². The van der Waals surface area contributed by atoms with Crippen LogP contribution in [0.25, 0.3) is 0 Å². The van der Waals surface area contributed by atoms with Crippen molar-refractivity contribution >= 4 is 52.1 Å². The fourth-order valence-electron chi connectivity index (χ4n) is 3.59. The van der Waals surface area contributed by atoms with Crippen LogP contribution < -0.4 is 15.9 Å². The largest absolute Gasteiger partial charge is 0.257 e. The third-order valence-corrected chi connectivity index (χ3v) is 9.19. The van der Waals surface area contributed by atoms with E-state index in [1.54, 1.807) is 0 Å². The van der Waals surface area contributed by atoms with E-state index >= 15 is 0 Å². The molecule has 0 saturated heterocycles. The summed E-state index contributed by atoms with van der Waals surface area (Å²) >= 11 is 0. The molecule has 0 bridgehead atoms. The molecule has 4 rings (SSSR count). The fraction of sp³-hybridized carbons (Fsp3) is 0.0385. The summed E-state index contributed by atoms with van der Waals surface area (Å²) in [6.07, 6.45) is 3.00. The lowest BCUT2D eigenvalue weighted by molar-refractivity contribution is 1.53. The molecule has 0 aliphatic carbocycles. The van der Waals surface area contributed by atoms with E-state index in [2.05, 4.69) is 97.2 Å². The van der Waals surface area contributed by atoms with Gasteiger partial charge in [0.15, 0.2) is 0 Å². The average molecular weight is 461 g/mol. The molecular weight excluding hydrogens is 437 g/mol. The number of para-hydroxylation sites is 1. The van der Waals surface area contributed by atoms with Gasteiger partial charge in [-0.05, 0) is 48.5 Å². The summed E-state index contributed by atoms with van der Waals surface area (Å²) in [5.41, 5.74) is 0.995. The molecule has 29 heavy (non-hydrogen) atoms. The van der Waals surface area contributed by atoms with Gasteiger partial charge < -0.3 is 0 Å². The van der Waals surface area contributed by atoms with Gasteiger partial charge in [-0.2, -0.15) is 0 Å². The van der Waals surface area contributed by atoms with Crippen molar-refractivity contribution in [2.75, 3.05) is 6.16 Å². The lowest BCUT2D eigenvalue weighted by Crippen LogP contribution is -2.33. The third kappa shape index (κ3) is 4.72. The highest BCUT2D eigenvalue weighted by Crippen LogP contribution is 2.54. The Bertz CT molecular complexity index is 923. The Morgan fingerprint density at radius 1 is 0.517 bits per heavy atom. The second-order valence-electron chi connectivity index (χ2n) is 6.65. The number of halogens is 1. The van der Waals surface area contributed by atoms with Crippen LogP contribution in [-0.2, 0) is 0 Å². The number of rotatable bonds is 6. The second kappa shape index (κ2) is 10.3. The topological polar surface area (TPSA) is 12.4 Å². The average Bonchev–Trinajstić information content (AvgIpc) is 2.79. The normalized spacial score (nSPS) is 11.2. The molecule has 0 fully saturated rings. The second-order valence-corrected chi connectivity index (χ2v) is 10.2. The van der Waals surface area contributed by atoms with E-state index in [-0.39, 0.29) is 17.0 Å². The molecular formula is C26H24BrNP+. The number of benzene rings is 4. The molecule has 0 atom stereocenters. The number of nitrogens with zero attached hydrogens (tertiary/aromatic N) is 1. The first-order chi connectivity index (χ1) is 13.9. The Labute approximate surface area is 184 Å². The molecule has 0 spiro atoms. The Morgan fingerprint density at radius 2 is 0.862 bits per heavy atom. The molecule has 4 aromatic carbocycles. The van der Waals surface area contributed by atoms with Gasteiger partial charge in [0.2, 0.25) is 0 Å². The molecule has 0 heterocycles. The zero-order valence-electron chi connectivity index (χ0n) is 16.1. The smallest absolute Gasteiger partial charge is 0.117 e. The minimum Gasteiger partial charge on any atom is -0.257 e. The summed E-state index contributed by atoms with van der Waals surface area (Å²) < 4.78 is 0. The van der Waals surface area contributed by atoms with Crippen molar-refractivity contribution in [1.29, 1.82) is 0 Å². The molecule has 0 radical (unpaired) electrons. The molecule has 1 nitrogen and oxygen atoms in total. The van der Waals surface area contributed by atoms with Crippen LogP contribution in [0.4, 0.5) is 5.69 Å². The summed E-state index contributed by atoms with van der Waals surface area (Å²) in [5, 5.41) is 4.14. The van der Waals surface area contributed by atoms with Crippen LogP contribution in [0.5, 0.6) is 0 Å². The summed E-state index contributed by atoms with van der Waals surface area (Å²) in [5.74, 6) is 0. The zero-order chi connectivity index (χ0) is 19.1. The third-order valence-electron chi connectivity index (χ3n) is 4.94. The SMILES string of the molecule is Br.C(C[P+](c1ccccc1)(c1ccccc1)c1ccccc1)=Nc1ccccc1. The van der Waals surface area contributed by atoms with Crippen LogP contribution >= 0.6 is 24.2 Å². The highest BCUT2D eigenvalue weighted by atomic mass is 79.9. The number of hydrogen-bond acceptors (Lipinski definition) is 1. The van der Waals surface area contributed by atoms with E-state index in [0.717, 1.165) is 11.8 Å². The molecule has 0 aliphatic rings. The Hall–Kier alpha value is -2.54. The maximum absolute atomic E-state index is 4.77. The molecule has 0 aliphatic heterocycles. The fourth-order valence-corrected chi connectivity index (χ4v) is 7.49. The Kier molecular flexibility index (Phi) is 7.52. The first kappa shape index (κ1) is 21.2. The first-order valence-corrected chi connectivity index (χ1v) is 11.5. The summed E-state index contributed by atoms with van der Waals surface area (Å²) in [6.45, 7) is 0. The van der Waals surface area contributed by atoms with Crippen molar-refractivity contribution in [3.8, 4) is 0 Å². The van der Waals surface area contributed by atoms with Gasteiger partial charge in [0.05, 0.1) is 5.69 Å². The molecule has 4 aromatic rings. The minimum absolute atomic E-state index is 0. The number of hydrogen-bond donors (Lipinski definition) is 0. The van der Waals surface area contributed by atoms with E-state index in [0.29, 0.717) is 0 Å². The lowest BCUT2D eigenvalue weighted by atomic mass is 10.3. The van der Waals surface area contributed by atoms with Crippen LogP contribution in [0.1, 0.15) is 0 Å². The van der Waals surface area contributed by atoms with Gasteiger partial charge in [-0.3, -0.25) is 4.99 Å². The Morgan fingerprint density at radius 3 is 1.24 bits per heavy atom. The number of aliphatic imine (C=N–C) groups is 1. The van der Waals surface area contributed by atoms with Gasteiger partial charge in [-0.1, -0.05) is 72.8 Å². The van der Waals surface area contributed by atoms with Gasteiger partial charge >= 0.3 is 0 Å².